The van der Waals surface area contributed by atoms with Crippen LogP contribution in [0.5, 0.6) is 0 Å². The Labute approximate surface area is 131 Å². The van der Waals surface area contributed by atoms with Crippen LogP contribution >= 0.6 is 27.7 Å². The lowest BCUT2D eigenvalue weighted by atomic mass is 10.0. The van der Waals surface area contributed by atoms with Crippen molar-refractivity contribution >= 4 is 27.7 Å². The molecule has 0 spiro atoms. The molecule has 0 bridgehead atoms. The zero-order chi connectivity index (χ0) is 14.5. The molecule has 0 aromatic heterocycles. The molecule has 2 aromatic carbocycles. The first kappa shape index (κ1) is 15.5. The van der Waals surface area contributed by atoms with Crippen LogP contribution in [0.2, 0.25) is 0 Å². The van der Waals surface area contributed by atoms with E-state index in [1.807, 2.05) is 37.3 Å². The Morgan fingerprint density at radius 1 is 1.25 bits per heavy atom. The molecule has 0 aliphatic rings. The Morgan fingerprint density at radius 2 is 2.00 bits per heavy atom. The molecule has 0 saturated heterocycles. The van der Waals surface area contributed by atoms with E-state index >= 15 is 0 Å². The summed E-state index contributed by atoms with van der Waals surface area (Å²) in [6.45, 7) is 2.02. The predicted molar refractivity (Wildman–Crippen MR) is 86.6 cm³/mol. The van der Waals surface area contributed by atoms with Crippen LogP contribution in [0.3, 0.4) is 0 Å². The fourth-order valence-corrected chi connectivity index (χ4v) is 3.48. The Morgan fingerprint density at radius 3 is 2.70 bits per heavy atom. The van der Waals surface area contributed by atoms with Gasteiger partial charge in [-0.2, -0.15) is 0 Å². The average molecular weight is 354 g/mol. The molecule has 0 amide bonds. The van der Waals surface area contributed by atoms with Gasteiger partial charge in [-0.3, -0.25) is 0 Å². The Kier molecular flexibility index (Phi) is 5.64. The maximum atomic E-state index is 14.1. The topological polar surface area (TPSA) is 26.0 Å². The zero-order valence-electron chi connectivity index (χ0n) is 11.3. The van der Waals surface area contributed by atoms with Gasteiger partial charge in [0.25, 0.3) is 0 Å². The van der Waals surface area contributed by atoms with Gasteiger partial charge in [-0.1, -0.05) is 46.7 Å². The quantitative estimate of drug-likeness (QED) is 0.816. The Balaban J connectivity index is 2.29. The highest BCUT2D eigenvalue weighted by atomic mass is 79.9. The van der Waals surface area contributed by atoms with Crippen LogP contribution in [-0.4, -0.2) is 6.04 Å². The summed E-state index contributed by atoms with van der Waals surface area (Å²) in [5.41, 5.74) is 6.69. The van der Waals surface area contributed by atoms with Gasteiger partial charge in [0.1, 0.15) is 5.82 Å². The maximum Gasteiger partial charge on any atom is 0.127 e. The van der Waals surface area contributed by atoms with Crippen LogP contribution in [0.4, 0.5) is 4.39 Å². The minimum Gasteiger partial charge on any atom is -0.327 e. The number of hydrogen-bond donors (Lipinski definition) is 1. The van der Waals surface area contributed by atoms with Crippen molar-refractivity contribution in [2.24, 2.45) is 5.73 Å². The van der Waals surface area contributed by atoms with Gasteiger partial charge < -0.3 is 5.73 Å². The maximum absolute atomic E-state index is 14.1. The molecule has 2 rings (SSSR count). The lowest BCUT2D eigenvalue weighted by Crippen LogP contribution is -2.22. The fourth-order valence-electron chi connectivity index (χ4n) is 1.90. The Hall–Kier alpha value is -0.840. The molecular formula is C16H17BrFNS. The molecule has 20 heavy (non-hydrogen) atoms. The molecule has 1 atom stereocenters. The number of hydrogen-bond acceptors (Lipinski definition) is 2. The molecule has 0 aliphatic carbocycles. The minimum absolute atomic E-state index is 0.00578. The van der Waals surface area contributed by atoms with Crippen LogP contribution < -0.4 is 5.73 Å². The van der Waals surface area contributed by atoms with Gasteiger partial charge in [0.15, 0.2) is 0 Å². The van der Waals surface area contributed by atoms with Crippen molar-refractivity contribution in [3.63, 3.8) is 0 Å². The number of nitrogens with two attached hydrogens (primary N) is 1. The summed E-state index contributed by atoms with van der Waals surface area (Å²) in [5, 5.41) is 0. The first-order valence-electron chi connectivity index (χ1n) is 6.56. The number of benzene rings is 2. The van der Waals surface area contributed by atoms with E-state index in [0.29, 0.717) is 12.0 Å². The third-order valence-corrected chi connectivity index (χ3v) is 4.68. The summed E-state index contributed by atoms with van der Waals surface area (Å²) < 4.78 is 15.1. The van der Waals surface area contributed by atoms with Crippen molar-refractivity contribution < 1.29 is 4.39 Å². The molecule has 0 aliphatic heterocycles. The second-order valence-corrected chi connectivity index (χ2v) is 6.68. The third-order valence-electron chi connectivity index (χ3n) is 3.09. The van der Waals surface area contributed by atoms with Crippen LogP contribution in [0.25, 0.3) is 0 Å². The average Bonchev–Trinajstić information content (AvgIpc) is 2.42. The van der Waals surface area contributed by atoms with E-state index < -0.39 is 0 Å². The van der Waals surface area contributed by atoms with E-state index in [-0.39, 0.29) is 11.9 Å². The van der Waals surface area contributed by atoms with Crippen molar-refractivity contribution in [2.75, 3.05) is 0 Å². The third kappa shape index (κ3) is 4.08. The van der Waals surface area contributed by atoms with E-state index in [1.165, 1.54) is 6.07 Å². The van der Waals surface area contributed by atoms with Crippen LogP contribution in [0.15, 0.2) is 56.7 Å². The second kappa shape index (κ2) is 7.25. The molecule has 0 radical (unpaired) electrons. The van der Waals surface area contributed by atoms with Crippen LogP contribution in [0.1, 0.15) is 18.9 Å². The van der Waals surface area contributed by atoms with E-state index in [0.717, 1.165) is 20.7 Å². The van der Waals surface area contributed by atoms with Crippen LogP contribution in [0, 0.1) is 5.82 Å². The summed E-state index contributed by atoms with van der Waals surface area (Å²) in [6, 6.07) is 13.2. The van der Waals surface area contributed by atoms with Gasteiger partial charge in [-0.15, -0.1) is 0 Å². The van der Waals surface area contributed by atoms with Crippen molar-refractivity contribution in [2.45, 2.75) is 35.6 Å². The van der Waals surface area contributed by atoms with Gasteiger partial charge in [0, 0.05) is 25.9 Å². The zero-order valence-corrected chi connectivity index (χ0v) is 13.7. The summed E-state index contributed by atoms with van der Waals surface area (Å²) in [4.78, 5) is 2.02. The van der Waals surface area contributed by atoms with Gasteiger partial charge in [-0.25, -0.2) is 4.39 Å². The minimum atomic E-state index is -0.172. The summed E-state index contributed by atoms with van der Waals surface area (Å²) >= 11 is 5.02. The van der Waals surface area contributed by atoms with Crippen LogP contribution in [-0.2, 0) is 6.42 Å². The molecule has 2 N–H and O–H groups in total. The van der Waals surface area contributed by atoms with E-state index in [1.54, 1.807) is 17.8 Å². The summed E-state index contributed by atoms with van der Waals surface area (Å²) in [7, 11) is 0. The van der Waals surface area contributed by atoms with E-state index in [4.69, 9.17) is 5.73 Å². The molecule has 106 valence electrons. The van der Waals surface area contributed by atoms with Gasteiger partial charge in [-0.05, 0) is 43.2 Å². The standard InChI is InChI=1S/C16H17BrFNS/c1-2-12(19)10-14-15(18)7-4-8-16(14)20-13-6-3-5-11(17)9-13/h3-9,12H,2,10,19H2,1H3. The predicted octanol–water partition coefficient (Wildman–Crippen LogP) is 5.02. The smallest absolute Gasteiger partial charge is 0.127 e. The molecule has 0 fully saturated rings. The van der Waals surface area contributed by atoms with Gasteiger partial charge >= 0.3 is 0 Å². The second-order valence-electron chi connectivity index (χ2n) is 4.65. The fraction of sp³-hybridized carbons (Fsp3) is 0.250. The molecule has 0 saturated carbocycles. The number of halogens is 2. The van der Waals surface area contributed by atoms with Crippen molar-refractivity contribution in [1.29, 1.82) is 0 Å². The van der Waals surface area contributed by atoms with E-state index in [2.05, 4.69) is 15.9 Å². The summed E-state index contributed by atoms with van der Waals surface area (Å²) in [6.07, 6.45) is 1.41. The Bertz CT molecular complexity index is 588. The summed E-state index contributed by atoms with van der Waals surface area (Å²) in [5.74, 6) is -0.172. The van der Waals surface area contributed by atoms with Crippen molar-refractivity contribution in [3.8, 4) is 0 Å². The highest BCUT2D eigenvalue weighted by Gasteiger charge is 2.13. The lowest BCUT2D eigenvalue weighted by molar-refractivity contribution is 0.571. The molecule has 1 nitrogen and oxygen atoms in total. The van der Waals surface area contributed by atoms with Crippen molar-refractivity contribution in [1.82, 2.24) is 0 Å². The first-order chi connectivity index (χ1) is 9.60. The normalized spacial score (nSPS) is 12.4. The van der Waals surface area contributed by atoms with Gasteiger partial charge in [0.05, 0.1) is 0 Å². The first-order valence-corrected chi connectivity index (χ1v) is 8.17. The largest absolute Gasteiger partial charge is 0.327 e. The SMILES string of the molecule is CCC(N)Cc1c(F)cccc1Sc1cccc(Br)c1. The number of rotatable bonds is 5. The monoisotopic (exact) mass is 353 g/mol. The molecule has 2 aromatic rings. The lowest BCUT2D eigenvalue weighted by Gasteiger charge is -2.14. The highest BCUT2D eigenvalue weighted by Crippen LogP contribution is 2.33. The highest BCUT2D eigenvalue weighted by molar-refractivity contribution is 9.10. The molecular weight excluding hydrogens is 337 g/mol. The molecule has 1 unspecified atom stereocenters. The van der Waals surface area contributed by atoms with E-state index in [9.17, 15) is 4.39 Å². The molecule has 0 heterocycles. The van der Waals surface area contributed by atoms with Gasteiger partial charge in [0.2, 0.25) is 0 Å². The molecule has 4 heteroatoms. The van der Waals surface area contributed by atoms with Crippen molar-refractivity contribution in [3.05, 3.63) is 58.3 Å².